The molecule has 1 amide bonds. The molecule has 1 aliphatic rings. The van der Waals surface area contributed by atoms with Gasteiger partial charge in [-0.3, -0.25) is 9.78 Å². The maximum absolute atomic E-state index is 11.6. The Hall–Kier alpha value is -1.42. The van der Waals surface area contributed by atoms with Crippen molar-refractivity contribution >= 4 is 5.91 Å². The number of hydrogen-bond acceptors (Lipinski definition) is 3. The van der Waals surface area contributed by atoms with Crippen molar-refractivity contribution < 1.29 is 9.90 Å². The first kappa shape index (κ1) is 10.1. The molecule has 0 aliphatic heterocycles. The third-order valence-corrected chi connectivity index (χ3v) is 2.81. The molecule has 0 atom stereocenters. The summed E-state index contributed by atoms with van der Waals surface area (Å²) in [5.41, 5.74) is 0.488. The second-order valence-corrected chi connectivity index (χ2v) is 3.98. The first-order valence-electron chi connectivity index (χ1n) is 5.05. The maximum atomic E-state index is 11.6. The Kier molecular flexibility index (Phi) is 2.68. The smallest absolute Gasteiger partial charge is 0.228 e. The zero-order valence-corrected chi connectivity index (χ0v) is 8.44. The molecule has 0 saturated heterocycles. The Morgan fingerprint density at radius 2 is 2.40 bits per heavy atom. The van der Waals surface area contributed by atoms with Crippen molar-refractivity contribution in [1.82, 2.24) is 10.3 Å². The summed E-state index contributed by atoms with van der Waals surface area (Å²) in [7, 11) is 0. The van der Waals surface area contributed by atoms with E-state index in [2.05, 4.69) is 10.3 Å². The van der Waals surface area contributed by atoms with Gasteiger partial charge in [0.2, 0.25) is 5.91 Å². The standard InChI is InChI=1S/C11H14N2O2/c14-8-11(3-4-11)10(15)13-7-9-2-1-5-12-6-9/h1-2,5-6,14H,3-4,7-8H2,(H,13,15). The van der Waals surface area contributed by atoms with Gasteiger partial charge in [0, 0.05) is 18.9 Å². The number of aliphatic hydroxyl groups is 1. The first-order valence-corrected chi connectivity index (χ1v) is 5.05. The highest BCUT2D eigenvalue weighted by Crippen LogP contribution is 2.45. The molecule has 2 rings (SSSR count). The van der Waals surface area contributed by atoms with Crippen LogP contribution in [0, 0.1) is 5.41 Å². The summed E-state index contributed by atoms with van der Waals surface area (Å²) in [5, 5.41) is 11.9. The molecule has 4 heteroatoms. The predicted molar refractivity (Wildman–Crippen MR) is 54.8 cm³/mol. The van der Waals surface area contributed by atoms with Crippen LogP contribution in [0.5, 0.6) is 0 Å². The minimum atomic E-state index is -0.484. The van der Waals surface area contributed by atoms with E-state index in [9.17, 15) is 4.79 Å². The second-order valence-electron chi connectivity index (χ2n) is 3.98. The van der Waals surface area contributed by atoms with Gasteiger partial charge in [0.15, 0.2) is 0 Å². The van der Waals surface area contributed by atoms with E-state index in [0.29, 0.717) is 6.54 Å². The predicted octanol–water partition coefficient (Wildman–Crippen LogP) is 0.470. The highest BCUT2D eigenvalue weighted by molar-refractivity contribution is 5.85. The van der Waals surface area contributed by atoms with Gasteiger partial charge >= 0.3 is 0 Å². The number of nitrogens with zero attached hydrogens (tertiary/aromatic N) is 1. The second kappa shape index (κ2) is 3.98. The number of hydrogen-bond donors (Lipinski definition) is 2. The fourth-order valence-corrected chi connectivity index (χ4v) is 1.48. The van der Waals surface area contributed by atoms with Gasteiger partial charge in [-0.2, -0.15) is 0 Å². The molecule has 1 saturated carbocycles. The van der Waals surface area contributed by atoms with Crippen LogP contribution in [0.25, 0.3) is 0 Å². The van der Waals surface area contributed by atoms with E-state index in [0.717, 1.165) is 18.4 Å². The minimum Gasteiger partial charge on any atom is -0.395 e. The Morgan fingerprint density at radius 1 is 1.60 bits per heavy atom. The molecule has 0 aromatic carbocycles. The lowest BCUT2D eigenvalue weighted by atomic mass is 10.1. The molecule has 80 valence electrons. The molecule has 0 unspecified atom stereocenters. The molecular weight excluding hydrogens is 192 g/mol. The van der Waals surface area contributed by atoms with Crippen LogP contribution >= 0.6 is 0 Å². The van der Waals surface area contributed by atoms with Crippen molar-refractivity contribution in [3.05, 3.63) is 30.1 Å². The molecule has 15 heavy (non-hydrogen) atoms. The number of pyridine rings is 1. The Morgan fingerprint density at radius 3 is 2.93 bits per heavy atom. The highest BCUT2D eigenvalue weighted by atomic mass is 16.3. The number of aromatic nitrogens is 1. The van der Waals surface area contributed by atoms with Gasteiger partial charge in [-0.25, -0.2) is 0 Å². The topological polar surface area (TPSA) is 62.2 Å². The van der Waals surface area contributed by atoms with Gasteiger partial charge in [0.25, 0.3) is 0 Å². The normalized spacial score (nSPS) is 17.1. The van der Waals surface area contributed by atoms with E-state index in [1.165, 1.54) is 0 Å². The maximum Gasteiger partial charge on any atom is 0.228 e. The molecule has 0 bridgehead atoms. The summed E-state index contributed by atoms with van der Waals surface area (Å²) in [6.07, 6.45) is 5.00. The molecule has 1 heterocycles. The summed E-state index contributed by atoms with van der Waals surface area (Å²) < 4.78 is 0. The summed E-state index contributed by atoms with van der Waals surface area (Å²) in [6, 6.07) is 3.74. The zero-order valence-electron chi connectivity index (χ0n) is 8.44. The fraction of sp³-hybridized carbons (Fsp3) is 0.455. The third kappa shape index (κ3) is 2.15. The number of rotatable bonds is 4. The van der Waals surface area contributed by atoms with Gasteiger partial charge in [-0.15, -0.1) is 0 Å². The van der Waals surface area contributed by atoms with Crippen LogP contribution in [0.4, 0.5) is 0 Å². The number of carbonyl (C=O) groups excluding carboxylic acids is 1. The van der Waals surface area contributed by atoms with E-state index in [4.69, 9.17) is 5.11 Å². The summed E-state index contributed by atoms with van der Waals surface area (Å²) >= 11 is 0. The fourth-order valence-electron chi connectivity index (χ4n) is 1.48. The minimum absolute atomic E-state index is 0.0474. The van der Waals surface area contributed by atoms with E-state index in [1.807, 2.05) is 12.1 Å². The first-order chi connectivity index (χ1) is 7.27. The Balaban J connectivity index is 1.86. The largest absolute Gasteiger partial charge is 0.395 e. The van der Waals surface area contributed by atoms with Gasteiger partial charge in [0.1, 0.15) is 0 Å². The quantitative estimate of drug-likeness (QED) is 0.752. The van der Waals surface area contributed by atoms with E-state index in [1.54, 1.807) is 12.4 Å². The average molecular weight is 206 g/mol. The number of aliphatic hydroxyl groups excluding tert-OH is 1. The highest BCUT2D eigenvalue weighted by Gasteiger charge is 2.49. The van der Waals surface area contributed by atoms with E-state index >= 15 is 0 Å². The SMILES string of the molecule is O=C(NCc1cccnc1)C1(CO)CC1. The van der Waals surface area contributed by atoms with Gasteiger partial charge < -0.3 is 10.4 Å². The van der Waals surface area contributed by atoms with E-state index in [-0.39, 0.29) is 12.5 Å². The van der Waals surface area contributed by atoms with Crippen LogP contribution in [-0.4, -0.2) is 22.6 Å². The summed E-state index contributed by atoms with van der Waals surface area (Å²) in [6.45, 7) is 0.431. The molecular formula is C11H14N2O2. The van der Waals surface area contributed by atoms with Crippen LogP contribution in [0.1, 0.15) is 18.4 Å². The molecule has 1 aromatic heterocycles. The van der Waals surface area contributed by atoms with Crippen molar-refractivity contribution in [3.8, 4) is 0 Å². The lowest BCUT2D eigenvalue weighted by Crippen LogP contribution is -2.33. The number of nitrogens with one attached hydrogen (secondary N) is 1. The lowest BCUT2D eigenvalue weighted by Gasteiger charge is -2.11. The van der Waals surface area contributed by atoms with Crippen LogP contribution < -0.4 is 5.32 Å². The van der Waals surface area contributed by atoms with Crippen molar-refractivity contribution in [2.24, 2.45) is 5.41 Å². The molecule has 0 radical (unpaired) electrons. The van der Waals surface area contributed by atoms with Crippen LogP contribution in [0.15, 0.2) is 24.5 Å². The molecule has 4 nitrogen and oxygen atoms in total. The number of amides is 1. The lowest BCUT2D eigenvalue weighted by molar-refractivity contribution is -0.127. The van der Waals surface area contributed by atoms with Gasteiger partial charge in [-0.1, -0.05) is 6.07 Å². The van der Waals surface area contributed by atoms with Crippen molar-refractivity contribution in [3.63, 3.8) is 0 Å². The van der Waals surface area contributed by atoms with E-state index < -0.39 is 5.41 Å². The summed E-state index contributed by atoms with van der Waals surface area (Å²) in [5.74, 6) is -0.0474. The number of carbonyl (C=O) groups is 1. The van der Waals surface area contributed by atoms with Gasteiger partial charge in [-0.05, 0) is 24.5 Å². The van der Waals surface area contributed by atoms with Crippen molar-refractivity contribution in [2.45, 2.75) is 19.4 Å². The summed E-state index contributed by atoms with van der Waals surface area (Å²) in [4.78, 5) is 15.6. The van der Waals surface area contributed by atoms with Crippen molar-refractivity contribution in [1.29, 1.82) is 0 Å². The van der Waals surface area contributed by atoms with Gasteiger partial charge in [0.05, 0.1) is 12.0 Å². The molecule has 1 aliphatic carbocycles. The monoisotopic (exact) mass is 206 g/mol. The molecule has 1 fully saturated rings. The van der Waals surface area contributed by atoms with Crippen LogP contribution in [-0.2, 0) is 11.3 Å². The van der Waals surface area contributed by atoms with Crippen molar-refractivity contribution in [2.75, 3.05) is 6.61 Å². The van der Waals surface area contributed by atoms with Crippen LogP contribution in [0.3, 0.4) is 0 Å². The molecule has 0 spiro atoms. The molecule has 2 N–H and O–H groups in total. The third-order valence-electron chi connectivity index (χ3n) is 2.81. The average Bonchev–Trinajstić information content (AvgIpc) is 3.08. The zero-order chi connectivity index (χ0) is 10.7. The van der Waals surface area contributed by atoms with Crippen LogP contribution in [0.2, 0.25) is 0 Å². The Bertz CT molecular complexity index is 347. The Labute approximate surface area is 88.3 Å². The molecule has 1 aromatic rings.